The zero-order chi connectivity index (χ0) is 13.5. The van der Waals surface area contributed by atoms with Crippen molar-refractivity contribution < 1.29 is 9.59 Å². The Morgan fingerprint density at radius 1 is 1.11 bits per heavy atom. The van der Waals surface area contributed by atoms with Crippen molar-refractivity contribution in [2.75, 3.05) is 13.6 Å². The van der Waals surface area contributed by atoms with Crippen LogP contribution in [0, 0.1) is 5.92 Å². The molecule has 0 N–H and O–H groups in total. The van der Waals surface area contributed by atoms with Gasteiger partial charge in [-0.15, -0.1) is 0 Å². The van der Waals surface area contributed by atoms with Gasteiger partial charge in [-0.25, -0.2) is 0 Å². The molecule has 1 rings (SSSR count). The van der Waals surface area contributed by atoms with Crippen LogP contribution in [-0.4, -0.2) is 30.2 Å². The number of Topliss-reactive ketones (excluding diaryl/α,β-unsaturated/α-hetero) is 1. The molecule has 1 aromatic rings. The van der Waals surface area contributed by atoms with Crippen LogP contribution in [0.4, 0.5) is 0 Å². The number of carbonyl (C=O) groups excluding carboxylic acids is 2. The number of hydrogen-bond donors (Lipinski definition) is 0. The van der Waals surface area contributed by atoms with E-state index in [1.807, 2.05) is 18.2 Å². The van der Waals surface area contributed by atoms with Crippen molar-refractivity contribution in [3.05, 3.63) is 35.9 Å². The smallest absolute Gasteiger partial charge is 0.222 e. The van der Waals surface area contributed by atoms with E-state index in [0.717, 1.165) is 6.54 Å². The van der Waals surface area contributed by atoms with Crippen LogP contribution in [0.25, 0.3) is 0 Å². The predicted molar refractivity (Wildman–Crippen MR) is 72.5 cm³/mol. The minimum Gasteiger partial charge on any atom is -0.345 e. The average molecular weight is 247 g/mol. The van der Waals surface area contributed by atoms with Crippen molar-refractivity contribution in [1.82, 2.24) is 4.90 Å². The Morgan fingerprint density at radius 2 is 1.72 bits per heavy atom. The van der Waals surface area contributed by atoms with Gasteiger partial charge in [-0.3, -0.25) is 9.59 Å². The molecule has 0 spiro atoms. The molecule has 0 atom stereocenters. The lowest BCUT2D eigenvalue weighted by atomic mass is 10.1. The third-order valence-electron chi connectivity index (χ3n) is 2.73. The molecular formula is C15H21NO2. The van der Waals surface area contributed by atoms with Gasteiger partial charge in [0, 0.05) is 32.0 Å². The summed E-state index contributed by atoms with van der Waals surface area (Å²) in [5.74, 6) is 0.513. The SMILES string of the molecule is CC(C)CN(C)C(=O)CCC(=O)c1ccccc1. The lowest BCUT2D eigenvalue weighted by molar-refractivity contribution is -0.130. The predicted octanol–water partition coefficient (Wildman–Crippen LogP) is 2.76. The number of hydrogen-bond acceptors (Lipinski definition) is 2. The number of rotatable bonds is 6. The molecule has 98 valence electrons. The molecule has 0 saturated carbocycles. The number of nitrogens with zero attached hydrogens (tertiary/aromatic N) is 1. The molecular weight excluding hydrogens is 226 g/mol. The second-order valence-corrected chi connectivity index (χ2v) is 4.96. The van der Waals surface area contributed by atoms with Gasteiger partial charge in [0.15, 0.2) is 5.78 Å². The van der Waals surface area contributed by atoms with Gasteiger partial charge in [0.05, 0.1) is 0 Å². The Kier molecular flexibility index (Phi) is 5.56. The van der Waals surface area contributed by atoms with Gasteiger partial charge >= 0.3 is 0 Å². The fraction of sp³-hybridized carbons (Fsp3) is 0.467. The Labute approximate surface area is 109 Å². The lowest BCUT2D eigenvalue weighted by Gasteiger charge is -2.19. The summed E-state index contributed by atoms with van der Waals surface area (Å²) >= 11 is 0. The molecule has 0 radical (unpaired) electrons. The molecule has 0 aliphatic rings. The summed E-state index contributed by atoms with van der Waals surface area (Å²) in [6, 6.07) is 9.10. The third kappa shape index (κ3) is 4.70. The minimum absolute atomic E-state index is 0.0295. The molecule has 0 saturated heterocycles. The van der Waals surface area contributed by atoms with E-state index >= 15 is 0 Å². The molecule has 18 heavy (non-hydrogen) atoms. The first-order valence-corrected chi connectivity index (χ1v) is 6.33. The van der Waals surface area contributed by atoms with Gasteiger partial charge in [0.25, 0.3) is 0 Å². The standard InChI is InChI=1S/C15H21NO2/c1-12(2)11-16(3)15(18)10-9-14(17)13-7-5-4-6-8-13/h4-8,12H,9-11H2,1-3H3. The van der Waals surface area contributed by atoms with Crippen LogP contribution < -0.4 is 0 Å². The second kappa shape index (κ2) is 6.94. The maximum atomic E-state index is 11.8. The normalized spacial score (nSPS) is 10.4. The van der Waals surface area contributed by atoms with Crippen molar-refractivity contribution >= 4 is 11.7 Å². The number of benzene rings is 1. The van der Waals surface area contributed by atoms with Crippen LogP contribution in [0.5, 0.6) is 0 Å². The van der Waals surface area contributed by atoms with E-state index in [4.69, 9.17) is 0 Å². The van der Waals surface area contributed by atoms with Crippen LogP contribution >= 0.6 is 0 Å². The fourth-order valence-corrected chi connectivity index (χ4v) is 1.83. The van der Waals surface area contributed by atoms with Crippen LogP contribution in [-0.2, 0) is 4.79 Å². The highest BCUT2D eigenvalue weighted by atomic mass is 16.2. The van der Waals surface area contributed by atoms with Crippen LogP contribution in [0.15, 0.2) is 30.3 Å². The summed E-state index contributed by atoms with van der Waals surface area (Å²) in [5, 5.41) is 0. The van der Waals surface area contributed by atoms with E-state index in [1.54, 1.807) is 24.1 Å². The first-order valence-electron chi connectivity index (χ1n) is 6.33. The topological polar surface area (TPSA) is 37.4 Å². The van der Waals surface area contributed by atoms with Gasteiger partial charge in [-0.05, 0) is 5.92 Å². The first kappa shape index (κ1) is 14.4. The summed E-state index contributed by atoms with van der Waals surface area (Å²) < 4.78 is 0. The Morgan fingerprint density at radius 3 is 2.28 bits per heavy atom. The third-order valence-corrected chi connectivity index (χ3v) is 2.73. The monoisotopic (exact) mass is 247 g/mol. The Bertz CT molecular complexity index is 398. The molecule has 3 nitrogen and oxygen atoms in total. The zero-order valence-corrected chi connectivity index (χ0v) is 11.3. The second-order valence-electron chi connectivity index (χ2n) is 4.96. The molecule has 3 heteroatoms. The highest BCUT2D eigenvalue weighted by Gasteiger charge is 2.13. The van der Waals surface area contributed by atoms with E-state index < -0.39 is 0 Å². The van der Waals surface area contributed by atoms with Gasteiger partial charge in [-0.2, -0.15) is 0 Å². The van der Waals surface area contributed by atoms with Crippen molar-refractivity contribution in [1.29, 1.82) is 0 Å². The van der Waals surface area contributed by atoms with Crippen LogP contribution in [0.1, 0.15) is 37.0 Å². The lowest BCUT2D eigenvalue weighted by Crippen LogP contribution is -2.30. The van der Waals surface area contributed by atoms with Crippen molar-refractivity contribution in [3.63, 3.8) is 0 Å². The molecule has 0 aliphatic heterocycles. The zero-order valence-electron chi connectivity index (χ0n) is 11.3. The molecule has 0 aromatic heterocycles. The summed E-state index contributed by atoms with van der Waals surface area (Å²) in [7, 11) is 1.79. The summed E-state index contributed by atoms with van der Waals surface area (Å²) in [6.45, 7) is 4.87. The average Bonchev–Trinajstić information content (AvgIpc) is 2.35. The van der Waals surface area contributed by atoms with Crippen molar-refractivity contribution in [3.8, 4) is 0 Å². The van der Waals surface area contributed by atoms with E-state index in [2.05, 4.69) is 13.8 Å². The van der Waals surface area contributed by atoms with Gasteiger partial charge in [0.1, 0.15) is 0 Å². The molecule has 0 fully saturated rings. The Hall–Kier alpha value is -1.64. The van der Waals surface area contributed by atoms with Gasteiger partial charge < -0.3 is 4.90 Å². The maximum absolute atomic E-state index is 11.8. The van der Waals surface area contributed by atoms with Gasteiger partial charge in [-0.1, -0.05) is 44.2 Å². The fourth-order valence-electron chi connectivity index (χ4n) is 1.83. The number of amides is 1. The molecule has 0 heterocycles. The molecule has 0 bridgehead atoms. The first-order chi connectivity index (χ1) is 8.50. The molecule has 0 aliphatic carbocycles. The molecule has 0 unspecified atom stereocenters. The number of carbonyl (C=O) groups is 2. The Balaban J connectivity index is 2.41. The summed E-state index contributed by atoms with van der Waals surface area (Å²) in [6.07, 6.45) is 0.572. The summed E-state index contributed by atoms with van der Waals surface area (Å²) in [4.78, 5) is 25.3. The maximum Gasteiger partial charge on any atom is 0.222 e. The van der Waals surface area contributed by atoms with Crippen molar-refractivity contribution in [2.45, 2.75) is 26.7 Å². The van der Waals surface area contributed by atoms with E-state index in [0.29, 0.717) is 11.5 Å². The van der Waals surface area contributed by atoms with Gasteiger partial charge in [0.2, 0.25) is 5.91 Å². The highest BCUT2D eigenvalue weighted by Crippen LogP contribution is 2.07. The molecule has 1 amide bonds. The van der Waals surface area contributed by atoms with E-state index in [-0.39, 0.29) is 24.5 Å². The summed E-state index contributed by atoms with van der Waals surface area (Å²) in [5.41, 5.74) is 0.678. The van der Waals surface area contributed by atoms with Crippen molar-refractivity contribution in [2.24, 2.45) is 5.92 Å². The molecule has 1 aromatic carbocycles. The minimum atomic E-state index is 0.0295. The largest absolute Gasteiger partial charge is 0.345 e. The van der Waals surface area contributed by atoms with Crippen LogP contribution in [0.2, 0.25) is 0 Å². The van der Waals surface area contributed by atoms with E-state index in [9.17, 15) is 9.59 Å². The quantitative estimate of drug-likeness (QED) is 0.725. The highest BCUT2D eigenvalue weighted by molar-refractivity contribution is 5.97. The number of ketones is 1. The van der Waals surface area contributed by atoms with Crippen LogP contribution in [0.3, 0.4) is 0 Å². The van der Waals surface area contributed by atoms with E-state index in [1.165, 1.54) is 0 Å².